The second-order valence-electron chi connectivity index (χ2n) is 3.95. The van der Waals surface area contributed by atoms with E-state index in [0.717, 1.165) is 13.0 Å². The molecule has 2 aromatic rings. The third-order valence-corrected chi connectivity index (χ3v) is 4.10. The maximum Gasteiger partial charge on any atom is -1.00 e. The minimum absolute atomic E-state index is 0. The van der Waals surface area contributed by atoms with Gasteiger partial charge in [-0.1, -0.05) is 0 Å². The molecule has 5 heteroatoms. The van der Waals surface area contributed by atoms with Gasteiger partial charge in [0.15, 0.2) is 0 Å². The van der Waals surface area contributed by atoms with Gasteiger partial charge in [0, 0.05) is 0 Å². The van der Waals surface area contributed by atoms with Gasteiger partial charge < -0.3 is 24.8 Å². The number of halogens is 2. The summed E-state index contributed by atoms with van der Waals surface area (Å²) in [5, 5.41) is 0. The Balaban J connectivity index is 0.00000180. The molecular formula is C15H17Cl2NOTi. The van der Waals surface area contributed by atoms with E-state index in [2.05, 4.69) is 58.8 Å². The SMILES string of the molecule is CCC[O][Ti+2][N](c1ccccc1)c1ccccc1.[Cl-].[Cl-]. The first kappa shape index (κ1) is 19.5. The monoisotopic (exact) mass is 345 g/mol. The molecule has 0 saturated carbocycles. The van der Waals surface area contributed by atoms with E-state index in [1.165, 1.54) is 11.4 Å². The molecule has 0 atom stereocenters. The molecule has 0 saturated heterocycles. The van der Waals surface area contributed by atoms with Gasteiger partial charge in [0.05, 0.1) is 0 Å². The number of benzene rings is 2. The maximum atomic E-state index is 5.80. The van der Waals surface area contributed by atoms with Crippen LogP contribution in [0.2, 0.25) is 0 Å². The molecule has 106 valence electrons. The molecule has 20 heavy (non-hydrogen) atoms. The molecule has 0 aliphatic heterocycles. The second-order valence-corrected chi connectivity index (χ2v) is 5.38. The van der Waals surface area contributed by atoms with E-state index < -0.39 is 19.8 Å². The number of hydrogen-bond donors (Lipinski definition) is 0. The summed E-state index contributed by atoms with van der Waals surface area (Å²) in [6, 6.07) is 20.9. The average molecular weight is 346 g/mol. The Morgan fingerprint density at radius 1 is 0.850 bits per heavy atom. The van der Waals surface area contributed by atoms with E-state index >= 15 is 0 Å². The van der Waals surface area contributed by atoms with Crippen LogP contribution in [0.1, 0.15) is 13.3 Å². The van der Waals surface area contributed by atoms with E-state index in [4.69, 9.17) is 3.32 Å². The molecule has 0 spiro atoms. The van der Waals surface area contributed by atoms with Crippen LogP contribution in [0.3, 0.4) is 0 Å². The number of para-hydroxylation sites is 2. The van der Waals surface area contributed by atoms with Crippen molar-refractivity contribution in [2.24, 2.45) is 0 Å². The minimum Gasteiger partial charge on any atom is -1.00 e. The summed E-state index contributed by atoms with van der Waals surface area (Å²) in [5.74, 6) is 0. The zero-order valence-corrected chi connectivity index (χ0v) is 14.4. The van der Waals surface area contributed by atoms with Crippen molar-refractivity contribution in [3.63, 3.8) is 0 Å². The van der Waals surface area contributed by atoms with E-state index in [0.29, 0.717) is 0 Å². The molecule has 2 nitrogen and oxygen atoms in total. The number of rotatable bonds is 6. The standard InChI is InChI=1S/C12H10N.C3H7O.2ClH.Ti/c1-3-7-11(8-4-1)13-12-9-5-2-6-10-12;1-2-3-4;;;/h1-10H;2-3H2,1H3;2*1H;/q2*-1;;;+4/p-2. The van der Waals surface area contributed by atoms with Gasteiger partial charge in [0.2, 0.25) is 0 Å². The van der Waals surface area contributed by atoms with Crippen LogP contribution in [0.5, 0.6) is 0 Å². The van der Waals surface area contributed by atoms with Crippen LogP contribution in [0.25, 0.3) is 0 Å². The molecule has 0 bridgehead atoms. The van der Waals surface area contributed by atoms with Crippen LogP contribution in [-0.2, 0) is 23.1 Å². The number of nitrogens with zero attached hydrogens (tertiary/aromatic N) is 1. The van der Waals surface area contributed by atoms with Crippen molar-refractivity contribution in [1.29, 1.82) is 0 Å². The second kappa shape index (κ2) is 11.2. The fourth-order valence-corrected chi connectivity index (χ4v) is 3.08. The predicted molar refractivity (Wildman–Crippen MR) is 71.3 cm³/mol. The van der Waals surface area contributed by atoms with E-state index in [9.17, 15) is 0 Å². The predicted octanol–water partition coefficient (Wildman–Crippen LogP) is -1.83. The molecule has 0 amide bonds. The summed E-state index contributed by atoms with van der Waals surface area (Å²) in [6.07, 6.45) is 1.07. The molecule has 0 aromatic heterocycles. The van der Waals surface area contributed by atoms with Gasteiger partial charge >= 0.3 is 118 Å². The third-order valence-electron chi connectivity index (χ3n) is 2.49. The number of anilines is 2. The van der Waals surface area contributed by atoms with Crippen LogP contribution < -0.4 is 28.2 Å². The Labute approximate surface area is 143 Å². The van der Waals surface area contributed by atoms with Crippen molar-refractivity contribution < 1.29 is 47.9 Å². The van der Waals surface area contributed by atoms with Gasteiger partial charge in [-0.15, -0.1) is 0 Å². The summed E-state index contributed by atoms with van der Waals surface area (Å²) in [6.45, 7) is 2.98. The summed E-state index contributed by atoms with van der Waals surface area (Å²) in [5.41, 5.74) is 2.42. The quantitative estimate of drug-likeness (QED) is 0.451. The summed E-state index contributed by atoms with van der Waals surface area (Å²) >= 11 is -0.616. The molecule has 0 unspecified atom stereocenters. The molecule has 0 heterocycles. The van der Waals surface area contributed by atoms with Gasteiger partial charge in [-0.3, -0.25) is 0 Å². The summed E-state index contributed by atoms with van der Waals surface area (Å²) < 4.78 is 8.11. The van der Waals surface area contributed by atoms with Crippen LogP contribution in [0, 0.1) is 0 Å². The van der Waals surface area contributed by atoms with Gasteiger partial charge in [0.1, 0.15) is 0 Å². The van der Waals surface area contributed by atoms with Crippen molar-refractivity contribution >= 4 is 11.4 Å². The smallest absolute Gasteiger partial charge is 1.00 e. The first-order valence-electron chi connectivity index (χ1n) is 6.19. The van der Waals surface area contributed by atoms with E-state index in [1.807, 2.05) is 12.1 Å². The minimum atomic E-state index is -0.616. The Kier molecular flexibility index (Phi) is 10.9. The Hall–Kier alpha value is -0.506. The van der Waals surface area contributed by atoms with Crippen molar-refractivity contribution in [1.82, 2.24) is 0 Å². The maximum absolute atomic E-state index is 5.80. The van der Waals surface area contributed by atoms with E-state index in [-0.39, 0.29) is 24.8 Å². The van der Waals surface area contributed by atoms with Crippen molar-refractivity contribution in [2.45, 2.75) is 13.3 Å². The Bertz CT molecular complexity index is 416. The fourth-order valence-electron chi connectivity index (χ4n) is 1.62. The van der Waals surface area contributed by atoms with Crippen LogP contribution >= 0.6 is 0 Å². The number of hydrogen-bond acceptors (Lipinski definition) is 2. The van der Waals surface area contributed by atoms with E-state index in [1.54, 1.807) is 0 Å². The zero-order valence-electron chi connectivity index (χ0n) is 11.3. The molecule has 0 aliphatic rings. The van der Waals surface area contributed by atoms with Crippen molar-refractivity contribution in [3.05, 3.63) is 60.7 Å². The summed E-state index contributed by atoms with van der Waals surface area (Å²) in [4.78, 5) is 0. The Morgan fingerprint density at radius 3 is 1.70 bits per heavy atom. The van der Waals surface area contributed by atoms with Crippen LogP contribution in [-0.4, -0.2) is 6.61 Å². The van der Waals surface area contributed by atoms with Crippen molar-refractivity contribution in [3.8, 4) is 0 Å². The largest absolute Gasteiger partial charge is 1.00 e. The molecule has 2 rings (SSSR count). The topological polar surface area (TPSA) is 12.5 Å². The Morgan fingerprint density at radius 2 is 1.30 bits per heavy atom. The molecule has 2 aromatic carbocycles. The van der Waals surface area contributed by atoms with Gasteiger partial charge in [-0.25, -0.2) is 0 Å². The third kappa shape index (κ3) is 5.86. The summed E-state index contributed by atoms with van der Waals surface area (Å²) in [7, 11) is 0. The first-order chi connectivity index (χ1) is 8.92. The van der Waals surface area contributed by atoms with Gasteiger partial charge in [0.25, 0.3) is 0 Å². The fraction of sp³-hybridized carbons (Fsp3) is 0.200. The average Bonchev–Trinajstić information content (AvgIpc) is 2.46. The molecule has 0 N–H and O–H groups in total. The normalized spacial score (nSPS) is 8.85. The molecular weight excluding hydrogens is 329 g/mol. The van der Waals surface area contributed by atoms with Gasteiger partial charge in [-0.2, -0.15) is 0 Å². The molecule has 0 fully saturated rings. The van der Waals surface area contributed by atoms with Crippen LogP contribution in [0.15, 0.2) is 60.7 Å². The molecule has 0 aliphatic carbocycles. The molecule has 0 radical (unpaired) electrons. The zero-order chi connectivity index (χ0) is 12.6. The van der Waals surface area contributed by atoms with Crippen LogP contribution in [0.4, 0.5) is 11.4 Å². The van der Waals surface area contributed by atoms with Crippen molar-refractivity contribution in [2.75, 3.05) is 9.99 Å². The van der Waals surface area contributed by atoms with Gasteiger partial charge in [-0.05, 0) is 0 Å². The first-order valence-corrected chi connectivity index (χ1v) is 7.53.